The van der Waals surface area contributed by atoms with E-state index in [1.54, 1.807) is 0 Å². The Bertz CT molecular complexity index is 85.9. The molecule has 2 radical (unpaired) electrons. The van der Waals surface area contributed by atoms with Crippen LogP contribution >= 0.6 is 0 Å². The first kappa shape index (κ1) is 7.94. The lowest BCUT2D eigenvalue weighted by molar-refractivity contribution is 0.102. The Balaban J connectivity index is 0.000000500. The van der Waals surface area contributed by atoms with Gasteiger partial charge in [0.15, 0.2) is 0 Å². The molecule has 0 bridgehead atoms. The molecule has 58 valence electrons. The topological polar surface area (TPSA) is 62.8 Å². The standard InChI is InChI=1S/C6H10O3.O/c1(5-3-8-5)7-2-6-4-9-6;/h5-6H,1-4H2;. The summed E-state index contributed by atoms with van der Waals surface area (Å²) in [6.45, 7) is 3.26. The minimum atomic E-state index is 0. The van der Waals surface area contributed by atoms with Gasteiger partial charge in [0.1, 0.15) is 12.2 Å². The quantitative estimate of drug-likeness (QED) is 0.511. The summed E-state index contributed by atoms with van der Waals surface area (Å²) in [5, 5.41) is 0. The van der Waals surface area contributed by atoms with Crippen molar-refractivity contribution in [1.82, 2.24) is 0 Å². The highest BCUT2D eigenvalue weighted by atomic mass is 16.6. The van der Waals surface area contributed by atoms with Crippen molar-refractivity contribution in [3.63, 3.8) is 0 Å². The molecule has 0 aromatic rings. The lowest BCUT2D eigenvalue weighted by Gasteiger charge is -1.95. The molecule has 2 atom stereocenters. The molecule has 0 spiro atoms. The Morgan fingerprint density at radius 1 is 1.10 bits per heavy atom. The lowest BCUT2D eigenvalue weighted by atomic mass is 10.5. The highest BCUT2D eigenvalue weighted by Crippen LogP contribution is 2.12. The molecule has 0 aliphatic carbocycles. The summed E-state index contributed by atoms with van der Waals surface area (Å²) >= 11 is 0. The first-order valence-corrected chi connectivity index (χ1v) is 3.26. The van der Waals surface area contributed by atoms with Gasteiger partial charge in [-0.05, 0) is 0 Å². The van der Waals surface area contributed by atoms with E-state index < -0.39 is 0 Å². The zero-order valence-electron chi connectivity index (χ0n) is 5.62. The van der Waals surface area contributed by atoms with E-state index in [2.05, 4.69) is 0 Å². The van der Waals surface area contributed by atoms with Crippen molar-refractivity contribution >= 4 is 0 Å². The fraction of sp³-hybridized carbons (Fsp3) is 1.00. The van der Waals surface area contributed by atoms with Crippen LogP contribution < -0.4 is 0 Å². The van der Waals surface area contributed by atoms with Gasteiger partial charge in [-0.3, -0.25) is 0 Å². The predicted molar refractivity (Wildman–Crippen MR) is 31.0 cm³/mol. The van der Waals surface area contributed by atoms with Crippen LogP contribution in [0.4, 0.5) is 0 Å². The van der Waals surface area contributed by atoms with Gasteiger partial charge in [0.2, 0.25) is 0 Å². The Morgan fingerprint density at radius 2 is 1.50 bits per heavy atom. The first-order chi connectivity index (χ1) is 4.45. The van der Waals surface area contributed by atoms with Gasteiger partial charge >= 0.3 is 0 Å². The molecule has 2 heterocycles. The second kappa shape index (κ2) is 3.30. The molecule has 2 rings (SSSR count). The van der Waals surface area contributed by atoms with Crippen molar-refractivity contribution in [1.29, 1.82) is 0 Å². The first-order valence-electron chi connectivity index (χ1n) is 3.26. The number of epoxide rings is 2. The summed E-state index contributed by atoms with van der Waals surface area (Å²) in [5.41, 5.74) is 0. The molecule has 2 aliphatic rings. The van der Waals surface area contributed by atoms with Crippen molar-refractivity contribution in [2.24, 2.45) is 0 Å². The lowest BCUT2D eigenvalue weighted by Crippen LogP contribution is -2.06. The van der Waals surface area contributed by atoms with Crippen LogP contribution in [0.25, 0.3) is 0 Å². The van der Waals surface area contributed by atoms with Gasteiger partial charge in [0.05, 0.1) is 26.4 Å². The normalized spacial score (nSPS) is 34.8. The fourth-order valence-electron chi connectivity index (χ4n) is 0.659. The SMILES string of the molecule is C(OCC1CO1)C1CO1.[O]. The van der Waals surface area contributed by atoms with Crippen LogP contribution in [0.1, 0.15) is 0 Å². The molecule has 0 saturated carbocycles. The Kier molecular flexibility index (Phi) is 2.62. The van der Waals surface area contributed by atoms with E-state index in [0.29, 0.717) is 12.2 Å². The summed E-state index contributed by atoms with van der Waals surface area (Å²) < 4.78 is 15.1. The summed E-state index contributed by atoms with van der Waals surface area (Å²) in [5.74, 6) is 0. The van der Waals surface area contributed by atoms with E-state index in [4.69, 9.17) is 14.2 Å². The van der Waals surface area contributed by atoms with E-state index in [1.165, 1.54) is 0 Å². The molecule has 2 aliphatic heterocycles. The molecule has 4 heteroatoms. The third kappa shape index (κ3) is 2.62. The number of hydrogen-bond acceptors (Lipinski definition) is 3. The number of hydrogen-bond donors (Lipinski definition) is 0. The van der Waals surface area contributed by atoms with Crippen molar-refractivity contribution in [2.45, 2.75) is 12.2 Å². The van der Waals surface area contributed by atoms with Gasteiger partial charge in [-0.15, -0.1) is 0 Å². The zero-order chi connectivity index (χ0) is 6.10. The minimum Gasteiger partial charge on any atom is -0.376 e. The van der Waals surface area contributed by atoms with Crippen LogP contribution in [-0.4, -0.2) is 38.6 Å². The third-order valence-corrected chi connectivity index (χ3v) is 1.41. The maximum Gasteiger partial charge on any atom is 0.104 e. The maximum absolute atomic E-state index is 5.23. The average molecular weight is 146 g/mol. The fourth-order valence-corrected chi connectivity index (χ4v) is 0.659. The average Bonchev–Trinajstić information content (AvgIpc) is 2.57. The summed E-state index contributed by atoms with van der Waals surface area (Å²) in [6.07, 6.45) is 0.785. The third-order valence-electron chi connectivity index (χ3n) is 1.41. The smallest absolute Gasteiger partial charge is 0.104 e. The number of rotatable bonds is 4. The van der Waals surface area contributed by atoms with Crippen LogP contribution in [0.3, 0.4) is 0 Å². The van der Waals surface area contributed by atoms with Gasteiger partial charge in [-0.1, -0.05) is 0 Å². The van der Waals surface area contributed by atoms with Gasteiger partial charge in [-0.2, -0.15) is 0 Å². The molecule has 0 aromatic heterocycles. The van der Waals surface area contributed by atoms with E-state index in [0.717, 1.165) is 26.4 Å². The summed E-state index contributed by atoms with van der Waals surface area (Å²) in [7, 11) is 0. The van der Waals surface area contributed by atoms with Crippen LogP contribution in [0, 0.1) is 0 Å². The number of ether oxygens (including phenoxy) is 3. The molecule has 0 N–H and O–H groups in total. The van der Waals surface area contributed by atoms with Crippen molar-refractivity contribution in [3.8, 4) is 0 Å². The second-order valence-electron chi connectivity index (χ2n) is 2.45. The van der Waals surface area contributed by atoms with E-state index in [9.17, 15) is 0 Å². The molecule has 4 nitrogen and oxygen atoms in total. The maximum atomic E-state index is 5.23. The van der Waals surface area contributed by atoms with E-state index >= 15 is 0 Å². The zero-order valence-corrected chi connectivity index (χ0v) is 5.62. The minimum absolute atomic E-state index is 0. The van der Waals surface area contributed by atoms with E-state index in [-0.39, 0.29) is 5.48 Å². The van der Waals surface area contributed by atoms with Crippen LogP contribution in [0.5, 0.6) is 0 Å². The molecular formula is C6H10O4. The Hall–Kier alpha value is -0.160. The van der Waals surface area contributed by atoms with Crippen LogP contribution in [0.2, 0.25) is 0 Å². The van der Waals surface area contributed by atoms with Gasteiger partial charge in [0.25, 0.3) is 0 Å². The Labute approximate surface area is 59.4 Å². The largest absolute Gasteiger partial charge is 0.376 e. The van der Waals surface area contributed by atoms with Crippen LogP contribution in [-0.2, 0) is 19.7 Å². The van der Waals surface area contributed by atoms with Gasteiger partial charge in [0, 0.05) is 5.48 Å². The van der Waals surface area contributed by atoms with Gasteiger partial charge in [-0.25, -0.2) is 0 Å². The molecule has 0 amide bonds. The van der Waals surface area contributed by atoms with Gasteiger partial charge < -0.3 is 14.2 Å². The highest BCUT2D eigenvalue weighted by Gasteiger charge is 2.26. The second-order valence-corrected chi connectivity index (χ2v) is 2.45. The molecular weight excluding hydrogens is 136 g/mol. The monoisotopic (exact) mass is 146 g/mol. The highest BCUT2D eigenvalue weighted by molar-refractivity contribution is 4.71. The molecule has 2 unspecified atom stereocenters. The predicted octanol–water partition coefficient (Wildman–Crippen LogP) is -0.318. The molecule has 10 heavy (non-hydrogen) atoms. The summed E-state index contributed by atoms with van der Waals surface area (Å²) in [6, 6.07) is 0. The molecule has 2 saturated heterocycles. The Morgan fingerprint density at radius 3 is 1.80 bits per heavy atom. The van der Waals surface area contributed by atoms with Crippen molar-refractivity contribution in [2.75, 3.05) is 26.4 Å². The van der Waals surface area contributed by atoms with Crippen molar-refractivity contribution in [3.05, 3.63) is 0 Å². The van der Waals surface area contributed by atoms with Crippen molar-refractivity contribution < 1.29 is 19.7 Å². The van der Waals surface area contributed by atoms with Crippen LogP contribution in [0.15, 0.2) is 0 Å². The van der Waals surface area contributed by atoms with E-state index in [1.807, 2.05) is 0 Å². The molecule has 0 aromatic carbocycles. The molecule has 2 fully saturated rings. The summed E-state index contributed by atoms with van der Waals surface area (Å²) in [4.78, 5) is 0.